The lowest BCUT2D eigenvalue weighted by Crippen LogP contribution is -2.19. The minimum Gasteiger partial charge on any atom is -0.336 e. The van der Waals surface area contributed by atoms with Crippen LogP contribution in [-0.4, -0.2) is 21.3 Å². The molecule has 112 valence electrons. The van der Waals surface area contributed by atoms with Crippen LogP contribution in [0.1, 0.15) is 21.5 Å². The number of nitrogens with zero attached hydrogens (tertiary/aromatic N) is 2. The van der Waals surface area contributed by atoms with Crippen LogP contribution in [0.2, 0.25) is 0 Å². The van der Waals surface area contributed by atoms with E-state index in [1.165, 1.54) is 6.92 Å². The molecule has 0 aliphatic rings. The molecule has 0 bridgehead atoms. The number of carbonyl (C=O) groups is 1. The Labute approximate surface area is 115 Å². The van der Waals surface area contributed by atoms with Gasteiger partial charge in [-0.2, -0.15) is 13.2 Å². The Hall–Kier alpha value is -2.62. The molecule has 0 unspecified atom stereocenters. The average molecular weight is 302 g/mol. The van der Waals surface area contributed by atoms with Crippen LogP contribution in [0.25, 0.3) is 0 Å². The molecule has 3 N–H and O–H groups in total. The molecular weight excluding hydrogens is 293 g/mol. The highest BCUT2D eigenvalue weighted by Gasteiger charge is 2.35. The molecule has 1 amide bonds. The Kier molecular flexibility index (Phi) is 3.80. The van der Waals surface area contributed by atoms with Crippen LogP contribution in [0.4, 0.5) is 24.9 Å². The second kappa shape index (κ2) is 5.40. The second-order valence-electron chi connectivity index (χ2n) is 3.97. The SMILES string of the molecule is Cc1c(NO)noc1NC(=O)c1cnccc1C(F)(F)F. The summed E-state index contributed by atoms with van der Waals surface area (Å²) in [5, 5.41) is 14.2. The fourth-order valence-electron chi connectivity index (χ4n) is 1.55. The van der Waals surface area contributed by atoms with E-state index in [1.54, 1.807) is 5.48 Å². The number of rotatable bonds is 3. The zero-order valence-electron chi connectivity index (χ0n) is 10.5. The number of alkyl halides is 3. The number of halogens is 3. The Morgan fingerprint density at radius 1 is 1.43 bits per heavy atom. The average Bonchev–Trinajstić information content (AvgIpc) is 2.78. The standard InChI is InChI=1S/C11H9F3N4O3/c1-5-8(17-20)18-21-10(5)16-9(19)6-4-15-3-2-7(6)11(12,13)14/h2-4,20H,1H3,(H,16,19)(H,17,18). The van der Waals surface area contributed by atoms with Gasteiger partial charge in [0.05, 0.1) is 16.7 Å². The number of pyridine rings is 1. The zero-order chi connectivity index (χ0) is 15.6. The summed E-state index contributed by atoms with van der Waals surface area (Å²) in [6.45, 7) is 1.44. The Bertz CT molecular complexity index is 669. The predicted octanol–water partition coefficient (Wildman–Crippen LogP) is 2.45. The summed E-state index contributed by atoms with van der Waals surface area (Å²) in [4.78, 5) is 15.4. The zero-order valence-corrected chi connectivity index (χ0v) is 10.5. The number of carbonyl (C=O) groups excluding carboxylic acids is 1. The number of anilines is 2. The molecule has 0 radical (unpaired) electrons. The molecule has 0 spiro atoms. The van der Waals surface area contributed by atoms with Crippen LogP contribution in [0.5, 0.6) is 0 Å². The van der Waals surface area contributed by atoms with E-state index in [4.69, 9.17) is 9.73 Å². The van der Waals surface area contributed by atoms with Gasteiger partial charge in [-0.1, -0.05) is 5.16 Å². The Morgan fingerprint density at radius 3 is 2.71 bits per heavy atom. The molecule has 0 fully saturated rings. The van der Waals surface area contributed by atoms with Crippen LogP contribution in [-0.2, 0) is 6.18 Å². The highest BCUT2D eigenvalue weighted by Crippen LogP contribution is 2.32. The van der Waals surface area contributed by atoms with E-state index in [1.807, 2.05) is 0 Å². The molecule has 2 rings (SSSR count). The summed E-state index contributed by atoms with van der Waals surface area (Å²) in [6, 6.07) is 0.697. The Morgan fingerprint density at radius 2 is 2.14 bits per heavy atom. The van der Waals surface area contributed by atoms with Gasteiger partial charge in [0.15, 0.2) is 5.82 Å². The van der Waals surface area contributed by atoms with E-state index < -0.39 is 23.2 Å². The van der Waals surface area contributed by atoms with Gasteiger partial charge >= 0.3 is 6.18 Å². The maximum atomic E-state index is 12.8. The number of nitrogens with one attached hydrogen (secondary N) is 2. The van der Waals surface area contributed by atoms with E-state index in [-0.39, 0.29) is 17.3 Å². The van der Waals surface area contributed by atoms with Crippen LogP contribution in [0.15, 0.2) is 23.0 Å². The van der Waals surface area contributed by atoms with Crippen molar-refractivity contribution in [2.45, 2.75) is 13.1 Å². The molecule has 0 aliphatic heterocycles. The van der Waals surface area contributed by atoms with Crippen molar-refractivity contribution in [2.24, 2.45) is 0 Å². The summed E-state index contributed by atoms with van der Waals surface area (Å²) in [5.74, 6) is -1.31. The molecule has 0 atom stereocenters. The molecule has 0 aromatic carbocycles. The van der Waals surface area contributed by atoms with Crippen molar-refractivity contribution < 1.29 is 27.7 Å². The molecule has 10 heteroatoms. The maximum absolute atomic E-state index is 12.8. The van der Waals surface area contributed by atoms with E-state index in [9.17, 15) is 18.0 Å². The molecule has 2 aromatic rings. The van der Waals surface area contributed by atoms with E-state index >= 15 is 0 Å². The van der Waals surface area contributed by atoms with Gasteiger partial charge in [0, 0.05) is 12.4 Å². The first kappa shape index (κ1) is 14.8. The highest BCUT2D eigenvalue weighted by molar-refractivity contribution is 6.05. The van der Waals surface area contributed by atoms with E-state index in [2.05, 4.69) is 15.5 Å². The summed E-state index contributed by atoms with van der Waals surface area (Å²) in [6.07, 6.45) is -2.95. The van der Waals surface area contributed by atoms with Crippen LogP contribution < -0.4 is 10.8 Å². The van der Waals surface area contributed by atoms with Gasteiger partial charge in [-0.3, -0.25) is 20.3 Å². The topological polar surface area (TPSA) is 100 Å². The van der Waals surface area contributed by atoms with Crippen molar-refractivity contribution in [1.82, 2.24) is 10.1 Å². The smallest absolute Gasteiger partial charge is 0.336 e. The Balaban J connectivity index is 2.31. The van der Waals surface area contributed by atoms with Crippen molar-refractivity contribution in [3.63, 3.8) is 0 Å². The first-order chi connectivity index (χ1) is 9.84. The first-order valence-corrected chi connectivity index (χ1v) is 5.53. The first-order valence-electron chi connectivity index (χ1n) is 5.53. The van der Waals surface area contributed by atoms with Crippen molar-refractivity contribution in [3.05, 3.63) is 35.2 Å². The van der Waals surface area contributed by atoms with Gasteiger partial charge < -0.3 is 4.52 Å². The lowest BCUT2D eigenvalue weighted by atomic mass is 10.1. The number of aromatic nitrogens is 2. The minimum absolute atomic E-state index is 0.0625. The van der Waals surface area contributed by atoms with Gasteiger partial charge in [-0.25, -0.2) is 5.48 Å². The number of hydrogen-bond acceptors (Lipinski definition) is 6. The van der Waals surface area contributed by atoms with Gasteiger partial charge in [-0.15, -0.1) is 0 Å². The normalized spacial score (nSPS) is 11.3. The molecule has 21 heavy (non-hydrogen) atoms. The monoisotopic (exact) mass is 302 g/mol. The lowest BCUT2D eigenvalue weighted by molar-refractivity contribution is -0.138. The molecule has 0 aliphatic carbocycles. The molecule has 7 nitrogen and oxygen atoms in total. The van der Waals surface area contributed by atoms with E-state index in [0.717, 1.165) is 12.4 Å². The lowest BCUT2D eigenvalue weighted by Gasteiger charge is -2.11. The number of amides is 1. The fourth-order valence-corrected chi connectivity index (χ4v) is 1.55. The predicted molar refractivity (Wildman–Crippen MR) is 63.8 cm³/mol. The third-order valence-electron chi connectivity index (χ3n) is 2.63. The quantitative estimate of drug-likeness (QED) is 0.753. The third kappa shape index (κ3) is 2.94. The molecule has 0 saturated carbocycles. The van der Waals surface area contributed by atoms with Crippen molar-refractivity contribution >= 4 is 17.6 Å². The van der Waals surface area contributed by atoms with Crippen molar-refractivity contribution in [3.8, 4) is 0 Å². The summed E-state index contributed by atoms with van der Waals surface area (Å²) < 4.78 is 43.1. The molecule has 2 aromatic heterocycles. The van der Waals surface area contributed by atoms with Gasteiger partial charge in [0.2, 0.25) is 5.88 Å². The van der Waals surface area contributed by atoms with Gasteiger partial charge in [0.25, 0.3) is 5.91 Å². The van der Waals surface area contributed by atoms with Crippen LogP contribution in [0.3, 0.4) is 0 Å². The molecular formula is C11H9F3N4O3. The fraction of sp³-hybridized carbons (Fsp3) is 0.182. The summed E-state index contributed by atoms with van der Waals surface area (Å²) in [7, 11) is 0. The largest absolute Gasteiger partial charge is 0.417 e. The number of hydrogen-bond donors (Lipinski definition) is 3. The van der Waals surface area contributed by atoms with Crippen molar-refractivity contribution in [2.75, 3.05) is 10.8 Å². The van der Waals surface area contributed by atoms with Crippen LogP contribution in [0, 0.1) is 6.92 Å². The summed E-state index contributed by atoms with van der Waals surface area (Å²) in [5.41, 5.74) is 0.170. The second-order valence-corrected chi connectivity index (χ2v) is 3.97. The maximum Gasteiger partial charge on any atom is 0.417 e. The van der Waals surface area contributed by atoms with E-state index in [0.29, 0.717) is 6.07 Å². The molecule has 0 saturated heterocycles. The van der Waals surface area contributed by atoms with Gasteiger partial charge in [0.1, 0.15) is 0 Å². The van der Waals surface area contributed by atoms with Gasteiger partial charge in [-0.05, 0) is 13.0 Å². The third-order valence-corrected chi connectivity index (χ3v) is 2.63. The highest BCUT2D eigenvalue weighted by atomic mass is 19.4. The van der Waals surface area contributed by atoms with Crippen LogP contribution >= 0.6 is 0 Å². The minimum atomic E-state index is -4.69. The molecule has 2 heterocycles. The summed E-state index contributed by atoms with van der Waals surface area (Å²) >= 11 is 0. The van der Waals surface area contributed by atoms with Crippen molar-refractivity contribution in [1.29, 1.82) is 0 Å².